The molecular weight excluding hydrogens is 212 g/mol. The Labute approximate surface area is 101 Å². The molecule has 0 aliphatic carbocycles. The second-order valence-electron chi connectivity index (χ2n) is 4.15. The molecule has 0 saturated heterocycles. The molecule has 1 N–H and O–H groups in total. The molecule has 17 heavy (non-hydrogen) atoms. The van der Waals surface area contributed by atoms with Gasteiger partial charge in [0.15, 0.2) is 0 Å². The van der Waals surface area contributed by atoms with Gasteiger partial charge in [0.05, 0.1) is 11.4 Å². The van der Waals surface area contributed by atoms with E-state index in [1.807, 2.05) is 37.3 Å². The highest BCUT2D eigenvalue weighted by Gasteiger charge is 2.28. The van der Waals surface area contributed by atoms with E-state index in [1.54, 1.807) is 19.2 Å². The van der Waals surface area contributed by atoms with Crippen molar-refractivity contribution in [1.82, 2.24) is 9.97 Å². The molecular formula is C14H16N2O. The molecule has 88 valence electrons. The molecule has 0 radical (unpaired) electrons. The van der Waals surface area contributed by atoms with Crippen molar-refractivity contribution in [2.24, 2.45) is 0 Å². The Morgan fingerprint density at radius 1 is 1.12 bits per heavy atom. The molecule has 1 atom stereocenters. The quantitative estimate of drug-likeness (QED) is 0.876. The number of hydrogen-bond acceptors (Lipinski definition) is 3. The minimum absolute atomic E-state index is 0.612. The van der Waals surface area contributed by atoms with Gasteiger partial charge in [0.1, 0.15) is 5.60 Å². The highest BCUT2D eigenvalue weighted by molar-refractivity contribution is 5.26. The molecule has 0 fully saturated rings. The van der Waals surface area contributed by atoms with Crippen LogP contribution in [-0.4, -0.2) is 15.1 Å². The fraction of sp³-hybridized carbons (Fsp3) is 0.286. The van der Waals surface area contributed by atoms with Crippen LogP contribution in [-0.2, 0) is 12.0 Å². The van der Waals surface area contributed by atoms with Crippen LogP contribution < -0.4 is 0 Å². The first-order chi connectivity index (χ1) is 8.14. The number of aromatic nitrogens is 2. The molecule has 3 nitrogen and oxygen atoms in total. The van der Waals surface area contributed by atoms with Crippen molar-refractivity contribution in [3.63, 3.8) is 0 Å². The van der Waals surface area contributed by atoms with E-state index in [-0.39, 0.29) is 0 Å². The lowest BCUT2D eigenvalue weighted by Crippen LogP contribution is -2.25. The van der Waals surface area contributed by atoms with E-state index in [1.165, 1.54) is 0 Å². The Hall–Kier alpha value is -1.74. The lowest BCUT2D eigenvalue weighted by atomic mass is 9.96. The molecule has 2 heterocycles. The summed E-state index contributed by atoms with van der Waals surface area (Å²) in [7, 11) is 0. The molecule has 3 heteroatoms. The van der Waals surface area contributed by atoms with Gasteiger partial charge in [0.2, 0.25) is 0 Å². The van der Waals surface area contributed by atoms with Crippen molar-refractivity contribution in [1.29, 1.82) is 0 Å². The third-order valence-corrected chi connectivity index (χ3v) is 2.83. The lowest BCUT2D eigenvalue weighted by Gasteiger charge is -2.22. The molecule has 0 amide bonds. The third kappa shape index (κ3) is 2.34. The van der Waals surface area contributed by atoms with E-state index in [9.17, 15) is 5.11 Å². The number of aliphatic hydroxyl groups is 1. The predicted octanol–water partition coefficient (Wildman–Crippen LogP) is 2.29. The van der Waals surface area contributed by atoms with Gasteiger partial charge in [0.25, 0.3) is 0 Å². The van der Waals surface area contributed by atoms with Gasteiger partial charge in [-0.25, -0.2) is 0 Å². The summed E-state index contributed by atoms with van der Waals surface area (Å²) in [5, 5.41) is 10.6. The van der Waals surface area contributed by atoms with Gasteiger partial charge in [-0.15, -0.1) is 0 Å². The average Bonchev–Trinajstić information content (AvgIpc) is 2.40. The van der Waals surface area contributed by atoms with Crippen molar-refractivity contribution in [2.75, 3.05) is 0 Å². The lowest BCUT2D eigenvalue weighted by molar-refractivity contribution is 0.0924. The highest BCUT2D eigenvalue weighted by Crippen LogP contribution is 2.25. The highest BCUT2D eigenvalue weighted by atomic mass is 16.3. The molecule has 2 rings (SSSR count). The van der Waals surface area contributed by atoms with Crippen LogP contribution in [0.4, 0.5) is 0 Å². The first-order valence-electron chi connectivity index (χ1n) is 5.75. The molecule has 0 aromatic carbocycles. The second kappa shape index (κ2) is 4.63. The van der Waals surface area contributed by atoms with E-state index < -0.39 is 5.60 Å². The smallest absolute Gasteiger partial charge is 0.145 e. The van der Waals surface area contributed by atoms with E-state index in [4.69, 9.17) is 0 Å². The standard InChI is InChI=1S/C14H16N2O/c1-3-11-7-6-9-13(16-11)14(2,17)12-8-4-5-10-15-12/h4-10,17H,3H2,1-2H3. The summed E-state index contributed by atoms with van der Waals surface area (Å²) in [6, 6.07) is 11.2. The Morgan fingerprint density at radius 2 is 1.88 bits per heavy atom. The van der Waals surface area contributed by atoms with Crippen LogP contribution in [0.15, 0.2) is 42.6 Å². The summed E-state index contributed by atoms with van der Waals surface area (Å²) in [5.41, 5.74) is 1.07. The first kappa shape index (κ1) is 11.7. The number of hydrogen-bond donors (Lipinski definition) is 1. The molecule has 0 saturated carbocycles. The largest absolute Gasteiger partial charge is 0.377 e. The van der Waals surface area contributed by atoms with Gasteiger partial charge in [-0.1, -0.05) is 19.1 Å². The van der Waals surface area contributed by atoms with Crippen molar-refractivity contribution in [3.8, 4) is 0 Å². The monoisotopic (exact) mass is 228 g/mol. The van der Waals surface area contributed by atoms with E-state index in [0.717, 1.165) is 12.1 Å². The Kier molecular flexibility index (Phi) is 3.20. The minimum Gasteiger partial charge on any atom is -0.377 e. The summed E-state index contributed by atoms with van der Waals surface area (Å²) in [6.07, 6.45) is 2.53. The van der Waals surface area contributed by atoms with Gasteiger partial charge < -0.3 is 5.11 Å². The van der Waals surface area contributed by atoms with Crippen molar-refractivity contribution < 1.29 is 5.11 Å². The minimum atomic E-state index is -1.15. The number of aryl methyl sites for hydroxylation is 1. The van der Waals surface area contributed by atoms with Crippen molar-refractivity contribution in [3.05, 3.63) is 59.7 Å². The summed E-state index contributed by atoms with van der Waals surface area (Å²) >= 11 is 0. The van der Waals surface area contributed by atoms with Crippen LogP contribution in [0.5, 0.6) is 0 Å². The maximum atomic E-state index is 10.6. The SMILES string of the molecule is CCc1cccc(C(C)(O)c2ccccn2)n1. The normalized spacial score (nSPS) is 14.3. The van der Waals surface area contributed by atoms with Crippen molar-refractivity contribution in [2.45, 2.75) is 25.9 Å². The Bertz CT molecular complexity index is 495. The van der Waals surface area contributed by atoms with E-state index in [0.29, 0.717) is 11.4 Å². The molecule has 1 unspecified atom stereocenters. The maximum absolute atomic E-state index is 10.6. The summed E-state index contributed by atoms with van der Waals surface area (Å²) < 4.78 is 0. The molecule has 0 bridgehead atoms. The van der Waals surface area contributed by atoms with Gasteiger partial charge in [0, 0.05) is 11.9 Å². The fourth-order valence-corrected chi connectivity index (χ4v) is 1.73. The fourth-order valence-electron chi connectivity index (χ4n) is 1.73. The number of nitrogens with zero attached hydrogens (tertiary/aromatic N) is 2. The van der Waals surface area contributed by atoms with Gasteiger partial charge in [-0.05, 0) is 37.6 Å². The predicted molar refractivity (Wildman–Crippen MR) is 66.5 cm³/mol. The molecule has 0 aliphatic rings. The second-order valence-corrected chi connectivity index (χ2v) is 4.15. The van der Waals surface area contributed by atoms with Gasteiger partial charge >= 0.3 is 0 Å². The summed E-state index contributed by atoms with van der Waals surface area (Å²) in [4.78, 5) is 8.64. The van der Waals surface area contributed by atoms with E-state index in [2.05, 4.69) is 9.97 Å². The Balaban J connectivity index is 2.44. The van der Waals surface area contributed by atoms with Crippen LogP contribution in [0.2, 0.25) is 0 Å². The number of rotatable bonds is 3. The van der Waals surface area contributed by atoms with Gasteiger partial charge in [-0.2, -0.15) is 0 Å². The van der Waals surface area contributed by atoms with Crippen LogP contribution in [0.3, 0.4) is 0 Å². The molecule has 0 aliphatic heterocycles. The Morgan fingerprint density at radius 3 is 2.53 bits per heavy atom. The first-order valence-corrected chi connectivity index (χ1v) is 5.75. The molecule has 2 aromatic heterocycles. The molecule has 2 aromatic rings. The van der Waals surface area contributed by atoms with Crippen LogP contribution in [0.1, 0.15) is 30.9 Å². The average molecular weight is 228 g/mol. The zero-order valence-corrected chi connectivity index (χ0v) is 10.1. The van der Waals surface area contributed by atoms with Crippen LogP contribution in [0.25, 0.3) is 0 Å². The van der Waals surface area contributed by atoms with E-state index >= 15 is 0 Å². The number of pyridine rings is 2. The zero-order chi connectivity index (χ0) is 12.3. The maximum Gasteiger partial charge on any atom is 0.145 e. The van der Waals surface area contributed by atoms with Gasteiger partial charge in [-0.3, -0.25) is 9.97 Å². The topological polar surface area (TPSA) is 46.0 Å². The van der Waals surface area contributed by atoms with Crippen LogP contribution in [0, 0.1) is 0 Å². The van der Waals surface area contributed by atoms with Crippen molar-refractivity contribution >= 4 is 0 Å². The third-order valence-electron chi connectivity index (χ3n) is 2.83. The molecule has 0 spiro atoms. The summed E-state index contributed by atoms with van der Waals surface area (Å²) in [5.74, 6) is 0. The zero-order valence-electron chi connectivity index (χ0n) is 10.1. The van der Waals surface area contributed by atoms with Crippen LogP contribution >= 0.6 is 0 Å². The summed E-state index contributed by atoms with van der Waals surface area (Å²) in [6.45, 7) is 3.76.